The Kier molecular flexibility index (Phi) is 7.86. The third-order valence-corrected chi connectivity index (χ3v) is 4.84. The molecule has 0 radical (unpaired) electrons. The lowest BCUT2D eigenvalue weighted by molar-refractivity contribution is -0.275. The number of aliphatic hydroxyl groups is 1. The third kappa shape index (κ3) is 7.03. The Bertz CT molecular complexity index is 1340. The van der Waals surface area contributed by atoms with Crippen LogP contribution in [0.1, 0.15) is 27.7 Å². The number of rotatable bonds is 7. The van der Waals surface area contributed by atoms with E-state index < -0.39 is 71.3 Å². The highest BCUT2D eigenvalue weighted by atomic mass is 19.4. The number of carbonyl (C=O) groups excluding carboxylic acids is 1. The molecule has 0 aliphatic rings. The number of ether oxygens (including phenoxy) is 1. The van der Waals surface area contributed by atoms with Gasteiger partial charge < -0.3 is 19.7 Å². The van der Waals surface area contributed by atoms with Crippen molar-refractivity contribution >= 4 is 5.91 Å². The van der Waals surface area contributed by atoms with Gasteiger partial charge >= 0.3 is 12.5 Å². The second-order valence-corrected chi connectivity index (χ2v) is 7.48. The number of nitrogens with zero attached hydrogens (tertiary/aromatic N) is 2. The highest BCUT2D eigenvalue weighted by molar-refractivity contribution is 5.94. The highest BCUT2D eigenvalue weighted by Crippen LogP contribution is 2.30. The predicted molar refractivity (Wildman–Crippen MR) is 109 cm³/mol. The second-order valence-electron chi connectivity index (χ2n) is 7.48. The summed E-state index contributed by atoms with van der Waals surface area (Å²) in [5.74, 6) is -4.78. The van der Waals surface area contributed by atoms with E-state index in [9.17, 15) is 49.8 Å². The Hall–Kier alpha value is -4.01. The van der Waals surface area contributed by atoms with E-state index in [1.807, 2.05) is 0 Å². The van der Waals surface area contributed by atoms with Crippen LogP contribution in [0.25, 0.3) is 0 Å². The topological polar surface area (TPSA) is 93.5 Å². The van der Waals surface area contributed by atoms with Gasteiger partial charge in [-0.05, 0) is 35.9 Å². The maximum atomic E-state index is 14.5. The van der Waals surface area contributed by atoms with Crippen molar-refractivity contribution in [1.82, 2.24) is 14.9 Å². The number of aliphatic hydroxyl groups excluding tert-OH is 1. The molecular formula is C22H15F8N3O4. The number of halogens is 8. The summed E-state index contributed by atoms with van der Waals surface area (Å²) in [6.07, 6.45) is -11.3. The molecule has 0 bridgehead atoms. The number of aromatic nitrogens is 2. The molecule has 0 fully saturated rings. The molecule has 37 heavy (non-hydrogen) atoms. The number of pyridine rings is 2. The largest absolute Gasteiger partial charge is 0.573 e. The lowest BCUT2D eigenvalue weighted by Gasteiger charge is -2.21. The lowest BCUT2D eigenvalue weighted by atomic mass is 10.0. The molecule has 3 rings (SSSR count). The summed E-state index contributed by atoms with van der Waals surface area (Å²) in [5.41, 5.74) is -2.12. The maximum absolute atomic E-state index is 14.5. The molecule has 0 saturated carbocycles. The average molecular weight is 537 g/mol. The Labute approximate surface area is 201 Å². The van der Waals surface area contributed by atoms with Crippen molar-refractivity contribution in [1.29, 1.82) is 0 Å². The van der Waals surface area contributed by atoms with Crippen molar-refractivity contribution in [3.63, 3.8) is 0 Å². The molecule has 7 nitrogen and oxygen atoms in total. The Morgan fingerprint density at radius 2 is 1.76 bits per heavy atom. The Morgan fingerprint density at radius 1 is 1.05 bits per heavy atom. The number of hydrogen-bond donors (Lipinski definition) is 2. The standard InChI is InChI=1S/C22H15F8N3O4/c23-13-2-1-7-31-19(13)18(11-3-5-15(14(24)8-11)37-22(28,29)30)32-20(36)12-4-6-17(35)33(9-12)10-16(34)21(25,26)27/h1-9,16,18,34H,10H2,(H,32,36)/t16-,18?/m1/s1. The fourth-order valence-corrected chi connectivity index (χ4v) is 3.14. The number of benzene rings is 1. The van der Waals surface area contributed by atoms with E-state index in [0.717, 1.165) is 30.5 Å². The summed E-state index contributed by atoms with van der Waals surface area (Å²) in [6, 6.07) is 4.27. The van der Waals surface area contributed by atoms with Gasteiger partial charge in [0.1, 0.15) is 11.5 Å². The fraction of sp³-hybridized carbons (Fsp3) is 0.227. The van der Waals surface area contributed by atoms with Gasteiger partial charge in [0, 0.05) is 18.5 Å². The summed E-state index contributed by atoms with van der Waals surface area (Å²) in [7, 11) is 0. The third-order valence-electron chi connectivity index (χ3n) is 4.84. The van der Waals surface area contributed by atoms with E-state index in [4.69, 9.17) is 0 Å². The van der Waals surface area contributed by atoms with Gasteiger partial charge in [0.15, 0.2) is 17.7 Å². The van der Waals surface area contributed by atoms with Gasteiger partial charge in [0.25, 0.3) is 11.5 Å². The van der Waals surface area contributed by atoms with Crippen molar-refractivity contribution < 1.29 is 49.8 Å². The van der Waals surface area contributed by atoms with Gasteiger partial charge in [-0.1, -0.05) is 6.07 Å². The molecule has 2 atom stereocenters. The molecule has 0 aliphatic heterocycles. The number of hydrogen-bond acceptors (Lipinski definition) is 5. The van der Waals surface area contributed by atoms with Gasteiger partial charge in [-0.15, -0.1) is 13.2 Å². The van der Waals surface area contributed by atoms with E-state index in [2.05, 4.69) is 15.0 Å². The molecule has 2 N–H and O–H groups in total. The molecule has 15 heteroatoms. The van der Waals surface area contributed by atoms with Crippen LogP contribution in [0.3, 0.4) is 0 Å². The van der Waals surface area contributed by atoms with Crippen LogP contribution in [0.4, 0.5) is 35.1 Å². The molecule has 0 aliphatic carbocycles. The van der Waals surface area contributed by atoms with Crippen molar-refractivity contribution in [3.05, 3.63) is 93.7 Å². The van der Waals surface area contributed by atoms with Crippen LogP contribution in [0.5, 0.6) is 5.75 Å². The van der Waals surface area contributed by atoms with Crippen molar-refractivity contribution in [2.24, 2.45) is 0 Å². The molecular weight excluding hydrogens is 522 g/mol. The van der Waals surface area contributed by atoms with E-state index >= 15 is 0 Å². The van der Waals surface area contributed by atoms with Crippen molar-refractivity contribution in [3.8, 4) is 5.75 Å². The zero-order valence-corrected chi connectivity index (χ0v) is 18.1. The van der Waals surface area contributed by atoms with Crippen molar-refractivity contribution in [2.45, 2.75) is 31.2 Å². The predicted octanol–water partition coefficient (Wildman–Crippen LogP) is 3.86. The SMILES string of the molecule is O=C(NC(c1ccc(OC(F)(F)F)c(F)c1)c1ncccc1F)c1ccc(=O)n(C[C@@H](O)C(F)(F)F)c1. The molecule has 0 spiro atoms. The summed E-state index contributed by atoms with van der Waals surface area (Å²) in [4.78, 5) is 28.5. The van der Waals surface area contributed by atoms with Crippen LogP contribution in [-0.2, 0) is 6.54 Å². The van der Waals surface area contributed by atoms with Crippen LogP contribution in [0.15, 0.2) is 59.7 Å². The van der Waals surface area contributed by atoms with E-state index in [1.54, 1.807) is 0 Å². The van der Waals surface area contributed by atoms with Crippen molar-refractivity contribution in [2.75, 3.05) is 0 Å². The molecule has 1 unspecified atom stereocenters. The quantitative estimate of drug-likeness (QED) is 0.447. The van der Waals surface area contributed by atoms with Crippen LogP contribution in [-0.4, -0.2) is 39.2 Å². The fourth-order valence-electron chi connectivity index (χ4n) is 3.14. The number of carbonyl (C=O) groups is 1. The van der Waals surface area contributed by atoms with Crippen LogP contribution < -0.4 is 15.6 Å². The first-order valence-electron chi connectivity index (χ1n) is 10.1. The van der Waals surface area contributed by atoms with E-state index in [-0.39, 0.29) is 5.56 Å². The molecule has 198 valence electrons. The van der Waals surface area contributed by atoms with Gasteiger partial charge in [-0.3, -0.25) is 14.6 Å². The van der Waals surface area contributed by atoms with Crippen LogP contribution in [0.2, 0.25) is 0 Å². The van der Waals surface area contributed by atoms with Gasteiger partial charge in [-0.2, -0.15) is 13.2 Å². The number of amides is 1. The van der Waals surface area contributed by atoms with Gasteiger partial charge in [-0.25, -0.2) is 8.78 Å². The van der Waals surface area contributed by atoms with E-state index in [1.165, 1.54) is 6.07 Å². The minimum absolute atomic E-state index is 0.265. The summed E-state index contributed by atoms with van der Waals surface area (Å²) in [6.45, 7) is -1.23. The normalized spacial score (nSPS) is 13.6. The summed E-state index contributed by atoms with van der Waals surface area (Å²) in [5, 5.41) is 11.5. The summed E-state index contributed by atoms with van der Waals surface area (Å²) < 4.78 is 108. The zero-order chi connectivity index (χ0) is 27.5. The number of alkyl halides is 6. The minimum Gasteiger partial charge on any atom is -0.403 e. The maximum Gasteiger partial charge on any atom is 0.573 e. The van der Waals surface area contributed by atoms with Crippen LogP contribution >= 0.6 is 0 Å². The van der Waals surface area contributed by atoms with Gasteiger partial charge in [0.05, 0.1) is 18.2 Å². The lowest BCUT2D eigenvalue weighted by Crippen LogP contribution is -2.37. The molecule has 0 saturated heterocycles. The Morgan fingerprint density at radius 3 is 2.35 bits per heavy atom. The monoisotopic (exact) mass is 537 g/mol. The first-order valence-corrected chi connectivity index (χ1v) is 10.1. The zero-order valence-electron chi connectivity index (χ0n) is 18.1. The molecule has 2 aromatic heterocycles. The molecule has 1 amide bonds. The van der Waals surface area contributed by atoms with E-state index in [0.29, 0.717) is 22.9 Å². The smallest absolute Gasteiger partial charge is 0.403 e. The Balaban J connectivity index is 1.97. The molecule has 1 aromatic carbocycles. The second kappa shape index (κ2) is 10.5. The minimum atomic E-state index is -5.20. The first-order chi connectivity index (χ1) is 17.2. The molecule has 3 aromatic rings. The van der Waals surface area contributed by atoms with Crippen LogP contribution in [0, 0.1) is 11.6 Å². The van der Waals surface area contributed by atoms with Gasteiger partial charge in [0.2, 0.25) is 0 Å². The average Bonchev–Trinajstić information content (AvgIpc) is 2.79. The molecule has 2 heterocycles. The summed E-state index contributed by atoms with van der Waals surface area (Å²) >= 11 is 0. The highest BCUT2D eigenvalue weighted by Gasteiger charge is 2.38. The number of nitrogens with one attached hydrogen (secondary N) is 1. The first kappa shape index (κ1) is 27.6.